The highest BCUT2D eigenvalue weighted by Gasteiger charge is 2.47. The molecule has 0 aromatic heterocycles. The van der Waals surface area contributed by atoms with Crippen molar-refractivity contribution >= 4 is 0 Å². The molecular weight excluding hydrogens is 468 g/mol. The van der Waals surface area contributed by atoms with Gasteiger partial charge in [0.05, 0.1) is 0 Å². The Hall–Kier alpha value is -0.680. The molecule has 4 nitrogen and oxygen atoms in total. The molecule has 2 heterocycles. The summed E-state index contributed by atoms with van der Waals surface area (Å²) < 4.78 is 0. The number of hydroxylamine groups is 4. The Morgan fingerprint density at radius 2 is 0.842 bits per heavy atom. The van der Waals surface area contributed by atoms with Crippen molar-refractivity contribution in [3.63, 3.8) is 0 Å². The first-order chi connectivity index (χ1) is 17.8. The van der Waals surface area contributed by atoms with Gasteiger partial charge in [0.1, 0.15) is 12.2 Å². The van der Waals surface area contributed by atoms with Crippen LogP contribution in [-0.4, -0.2) is 44.5 Å². The standard InChI is InChI=1S/C34H60N2O2/c1-31(2)23-17-24-32(3,4)35(31)37-29-21-15-11-9-13-19-27(29)28-20-14-10-12-16-22-30(28)38-36-33(5,6)25-18-26-34(36,7)8/h15-16,21-22,27-30H,9-14,17-20,23-26H2,1-8H3/b21-15-,22-16-/t27-,28-,29+,30+/m1/s1. The van der Waals surface area contributed by atoms with Crippen molar-refractivity contribution in [1.82, 2.24) is 10.1 Å². The smallest absolute Gasteiger partial charge is 0.101 e. The van der Waals surface area contributed by atoms with Crippen LogP contribution in [0.2, 0.25) is 0 Å². The molecule has 0 saturated carbocycles. The second-order valence-corrected chi connectivity index (χ2v) is 15.4. The van der Waals surface area contributed by atoms with E-state index in [9.17, 15) is 0 Å². The van der Waals surface area contributed by atoms with E-state index in [4.69, 9.17) is 9.68 Å². The summed E-state index contributed by atoms with van der Waals surface area (Å²) in [4.78, 5) is 14.4. The summed E-state index contributed by atoms with van der Waals surface area (Å²) in [6.45, 7) is 19.0. The van der Waals surface area contributed by atoms with Crippen LogP contribution in [0.1, 0.15) is 145 Å². The summed E-state index contributed by atoms with van der Waals surface area (Å²) in [7, 11) is 0. The summed E-state index contributed by atoms with van der Waals surface area (Å²) in [5, 5.41) is 4.80. The van der Waals surface area contributed by atoms with E-state index in [1.807, 2.05) is 0 Å². The maximum Gasteiger partial charge on any atom is 0.101 e. The predicted molar refractivity (Wildman–Crippen MR) is 160 cm³/mol. The predicted octanol–water partition coefficient (Wildman–Crippen LogP) is 9.17. The van der Waals surface area contributed by atoms with E-state index < -0.39 is 0 Å². The van der Waals surface area contributed by atoms with Gasteiger partial charge in [-0.2, -0.15) is 10.1 Å². The van der Waals surface area contributed by atoms with Crippen LogP contribution >= 0.6 is 0 Å². The molecule has 0 unspecified atom stereocenters. The third kappa shape index (κ3) is 6.96. The van der Waals surface area contributed by atoms with Crippen LogP contribution < -0.4 is 0 Å². The molecule has 0 aromatic rings. The summed E-state index contributed by atoms with van der Waals surface area (Å²) in [5.41, 5.74) is 0.171. The molecular formula is C34H60N2O2. The van der Waals surface area contributed by atoms with Gasteiger partial charge in [-0.3, -0.25) is 9.68 Å². The summed E-state index contributed by atoms with van der Waals surface area (Å²) in [6.07, 6.45) is 27.0. The Labute approximate surface area is 235 Å². The van der Waals surface area contributed by atoms with Crippen molar-refractivity contribution in [1.29, 1.82) is 0 Å². The third-order valence-electron chi connectivity index (χ3n) is 10.2. The van der Waals surface area contributed by atoms with E-state index in [1.165, 1.54) is 89.9 Å². The van der Waals surface area contributed by atoms with E-state index in [1.54, 1.807) is 0 Å². The number of nitrogens with zero attached hydrogens (tertiary/aromatic N) is 2. The molecule has 4 aliphatic rings. The van der Waals surface area contributed by atoms with E-state index in [-0.39, 0.29) is 34.4 Å². The van der Waals surface area contributed by atoms with Gasteiger partial charge in [-0.25, -0.2) is 0 Å². The molecule has 2 fully saturated rings. The van der Waals surface area contributed by atoms with Crippen LogP contribution in [0.4, 0.5) is 0 Å². The van der Waals surface area contributed by atoms with Crippen molar-refractivity contribution in [2.45, 2.75) is 180 Å². The quantitative estimate of drug-likeness (QED) is 0.332. The average molecular weight is 529 g/mol. The van der Waals surface area contributed by atoms with Gasteiger partial charge in [0, 0.05) is 22.2 Å². The van der Waals surface area contributed by atoms with Crippen molar-refractivity contribution in [3.05, 3.63) is 24.3 Å². The monoisotopic (exact) mass is 528 g/mol. The van der Waals surface area contributed by atoms with Crippen molar-refractivity contribution in [2.75, 3.05) is 0 Å². The van der Waals surface area contributed by atoms with Gasteiger partial charge in [-0.1, -0.05) is 37.1 Å². The van der Waals surface area contributed by atoms with Gasteiger partial charge in [0.15, 0.2) is 0 Å². The lowest BCUT2D eigenvalue weighted by Gasteiger charge is -2.54. The third-order valence-corrected chi connectivity index (χ3v) is 10.2. The molecule has 2 aliphatic heterocycles. The molecule has 0 aromatic carbocycles. The molecule has 0 N–H and O–H groups in total. The highest BCUT2D eigenvalue weighted by Crippen LogP contribution is 2.44. The second-order valence-electron chi connectivity index (χ2n) is 15.4. The van der Waals surface area contributed by atoms with Gasteiger partial charge < -0.3 is 0 Å². The lowest BCUT2D eigenvalue weighted by atomic mass is 9.75. The Balaban J connectivity index is 1.66. The lowest BCUT2D eigenvalue weighted by molar-refractivity contribution is -0.321. The largest absolute Gasteiger partial charge is 0.290 e. The van der Waals surface area contributed by atoms with Crippen LogP contribution in [0.5, 0.6) is 0 Å². The topological polar surface area (TPSA) is 24.9 Å². The fraction of sp³-hybridized carbons (Fsp3) is 0.882. The fourth-order valence-electron chi connectivity index (χ4n) is 8.27. The molecule has 38 heavy (non-hydrogen) atoms. The SMILES string of the molecule is CC1(C)CCCC(C)(C)N1O[C@H]1/C=C\CCCC[C@@H]1[C@H]1CCCC/C=C\[C@@H]1ON1C(C)(C)CCCC1(C)C. The highest BCUT2D eigenvalue weighted by atomic mass is 16.7. The maximum atomic E-state index is 7.21. The molecule has 0 amide bonds. The van der Waals surface area contributed by atoms with Crippen molar-refractivity contribution in [2.24, 2.45) is 11.8 Å². The number of hydrogen-bond acceptors (Lipinski definition) is 4. The van der Waals surface area contributed by atoms with Gasteiger partial charge in [-0.15, -0.1) is 0 Å². The number of allylic oxidation sites excluding steroid dienone is 2. The van der Waals surface area contributed by atoms with Crippen molar-refractivity contribution in [3.8, 4) is 0 Å². The van der Waals surface area contributed by atoms with E-state index in [0.29, 0.717) is 11.8 Å². The summed E-state index contributed by atoms with van der Waals surface area (Å²) in [5.74, 6) is 0.896. The van der Waals surface area contributed by atoms with Gasteiger partial charge in [0.2, 0.25) is 0 Å². The zero-order valence-corrected chi connectivity index (χ0v) is 26.2. The number of piperidine rings is 2. The molecule has 2 saturated heterocycles. The molecule has 218 valence electrons. The van der Waals surface area contributed by atoms with Crippen LogP contribution in [0, 0.1) is 11.8 Å². The van der Waals surface area contributed by atoms with Crippen LogP contribution in [-0.2, 0) is 9.68 Å². The van der Waals surface area contributed by atoms with Crippen LogP contribution in [0.3, 0.4) is 0 Å². The van der Waals surface area contributed by atoms with E-state index in [0.717, 1.165) is 0 Å². The number of rotatable bonds is 5. The van der Waals surface area contributed by atoms with Crippen molar-refractivity contribution < 1.29 is 9.68 Å². The van der Waals surface area contributed by atoms with Gasteiger partial charge >= 0.3 is 0 Å². The van der Waals surface area contributed by atoms with Gasteiger partial charge in [-0.05, 0) is 144 Å². The molecule has 4 heteroatoms. The number of hydrogen-bond donors (Lipinski definition) is 0. The molecule has 4 atom stereocenters. The summed E-state index contributed by atoms with van der Waals surface area (Å²) in [6, 6.07) is 0. The minimum Gasteiger partial charge on any atom is -0.290 e. The molecule has 0 spiro atoms. The zero-order valence-electron chi connectivity index (χ0n) is 26.2. The normalized spacial score (nSPS) is 37.8. The first kappa shape index (κ1) is 30.3. The Kier molecular flexibility index (Phi) is 9.60. The van der Waals surface area contributed by atoms with E-state index in [2.05, 4.69) is 89.8 Å². The molecule has 4 rings (SSSR count). The Bertz CT molecular complexity index is 726. The van der Waals surface area contributed by atoms with E-state index >= 15 is 0 Å². The fourth-order valence-corrected chi connectivity index (χ4v) is 8.27. The lowest BCUT2D eigenvalue weighted by Crippen LogP contribution is -2.61. The van der Waals surface area contributed by atoms with Crippen LogP contribution in [0.15, 0.2) is 24.3 Å². The first-order valence-corrected chi connectivity index (χ1v) is 16.1. The first-order valence-electron chi connectivity index (χ1n) is 16.1. The summed E-state index contributed by atoms with van der Waals surface area (Å²) >= 11 is 0. The maximum absolute atomic E-state index is 7.21. The minimum absolute atomic E-state index is 0.0428. The van der Waals surface area contributed by atoms with Crippen LogP contribution in [0.25, 0.3) is 0 Å². The zero-order chi connectivity index (χ0) is 27.6. The molecule has 2 aliphatic carbocycles. The Morgan fingerprint density at radius 3 is 1.18 bits per heavy atom. The second kappa shape index (κ2) is 12.0. The molecule has 0 bridgehead atoms. The highest BCUT2D eigenvalue weighted by molar-refractivity contribution is 5.05. The van der Waals surface area contributed by atoms with Gasteiger partial charge in [0.25, 0.3) is 0 Å². The Morgan fingerprint density at radius 1 is 0.500 bits per heavy atom. The minimum atomic E-state index is 0.0428. The molecule has 0 radical (unpaired) electrons. The average Bonchev–Trinajstić information content (AvgIpc) is 2.76.